The first-order valence-electron chi connectivity index (χ1n) is 15.8. The fraction of sp³-hybridized carbons (Fsp3) is 0.774. The lowest BCUT2D eigenvalue weighted by atomic mass is 9.69. The zero-order chi connectivity index (χ0) is 31.0. The summed E-state index contributed by atoms with van der Waals surface area (Å²) in [5, 5.41) is 6.69. The fourth-order valence-electron chi connectivity index (χ4n) is 8.21. The third-order valence-electron chi connectivity index (χ3n) is 11.0. The number of carbonyl (C=O) groups is 1. The van der Waals surface area contributed by atoms with Crippen LogP contribution in [-0.4, -0.2) is 102 Å². The number of hydrogen-bond donors (Lipinski definition) is 2. The zero-order valence-electron chi connectivity index (χ0n) is 26.2. The molecule has 2 aliphatic heterocycles. The van der Waals surface area contributed by atoms with Crippen LogP contribution in [-0.2, 0) is 29.4 Å². The monoisotopic (exact) mass is 638 g/mol. The number of sulfonamides is 1. The van der Waals surface area contributed by atoms with Crippen LogP contribution in [0.3, 0.4) is 0 Å². The van der Waals surface area contributed by atoms with Gasteiger partial charge in [-0.1, -0.05) is 32.0 Å². The van der Waals surface area contributed by atoms with Crippen LogP contribution in [0.4, 0.5) is 5.69 Å². The van der Waals surface area contributed by atoms with Gasteiger partial charge in [0.1, 0.15) is 9.84 Å². The van der Waals surface area contributed by atoms with E-state index >= 15 is 0 Å². The molecule has 242 valence electrons. The number of carbonyl (C=O) groups excluding carboxylic acids is 1. The molecule has 10 nitrogen and oxygen atoms in total. The number of sulfone groups is 1. The summed E-state index contributed by atoms with van der Waals surface area (Å²) in [5.41, 5.74) is 1.50. The molecular weight excluding hydrogens is 588 g/mol. The van der Waals surface area contributed by atoms with Gasteiger partial charge in [0.25, 0.3) is 0 Å². The quantitative estimate of drug-likeness (QED) is 0.379. The molecule has 2 heterocycles. The summed E-state index contributed by atoms with van der Waals surface area (Å²) in [6.07, 6.45) is 5.34. The summed E-state index contributed by atoms with van der Waals surface area (Å²) < 4.78 is 59.3. The molecule has 3 unspecified atom stereocenters. The number of anilines is 1. The highest BCUT2D eigenvalue weighted by atomic mass is 32.2. The number of aryl methyl sites for hydroxylation is 1. The van der Waals surface area contributed by atoms with Crippen molar-refractivity contribution in [1.82, 2.24) is 14.9 Å². The Morgan fingerprint density at radius 1 is 1.05 bits per heavy atom. The number of hydrogen-bond acceptors (Lipinski definition) is 8. The Bertz CT molecular complexity index is 1370. The first-order valence-corrected chi connectivity index (χ1v) is 19.5. The van der Waals surface area contributed by atoms with Gasteiger partial charge in [0.15, 0.2) is 0 Å². The Labute approximate surface area is 258 Å². The van der Waals surface area contributed by atoms with Gasteiger partial charge in [-0.3, -0.25) is 4.79 Å². The molecule has 4 fully saturated rings. The zero-order valence-corrected chi connectivity index (χ0v) is 27.8. The van der Waals surface area contributed by atoms with Crippen molar-refractivity contribution < 1.29 is 26.4 Å². The molecule has 2 saturated heterocycles. The van der Waals surface area contributed by atoms with E-state index < -0.39 is 31.3 Å². The van der Waals surface area contributed by atoms with E-state index in [1.165, 1.54) is 11.8 Å². The molecule has 2 N–H and O–H groups in total. The Kier molecular flexibility index (Phi) is 9.55. The van der Waals surface area contributed by atoms with Gasteiger partial charge in [-0.2, -0.15) is 4.31 Å². The van der Waals surface area contributed by atoms with E-state index in [1.54, 1.807) is 4.31 Å². The summed E-state index contributed by atoms with van der Waals surface area (Å²) in [6.45, 7) is 9.80. The number of para-hydroxylation sites is 1. The van der Waals surface area contributed by atoms with Crippen LogP contribution in [0.1, 0.15) is 57.9 Å². The van der Waals surface area contributed by atoms with Gasteiger partial charge in [0, 0.05) is 68.8 Å². The Hall–Kier alpha value is -1.73. The van der Waals surface area contributed by atoms with Gasteiger partial charge in [0.2, 0.25) is 15.9 Å². The first kappa shape index (κ1) is 32.7. The number of rotatable bonds is 11. The van der Waals surface area contributed by atoms with Crippen molar-refractivity contribution in [2.24, 2.45) is 16.7 Å². The molecule has 0 spiro atoms. The molecule has 2 saturated carbocycles. The van der Waals surface area contributed by atoms with Crippen molar-refractivity contribution in [1.29, 1.82) is 0 Å². The van der Waals surface area contributed by atoms with Gasteiger partial charge in [-0.15, -0.1) is 0 Å². The van der Waals surface area contributed by atoms with E-state index in [0.717, 1.165) is 37.8 Å². The van der Waals surface area contributed by atoms with E-state index in [-0.39, 0.29) is 41.3 Å². The van der Waals surface area contributed by atoms with Crippen molar-refractivity contribution in [3.63, 3.8) is 0 Å². The number of amides is 1. The lowest BCUT2D eigenvalue weighted by molar-refractivity contribution is -0.125. The Balaban J connectivity index is 1.30. The number of nitrogens with one attached hydrogen (secondary N) is 2. The lowest BCUT2D eigenvalue weighted by Crippen LogP contribution is -2.59. The smallest absolute Gasteiger partial charge is 0.237 e. The first-order chi connectivity index (χ1) is 20.2. The predicted molar refractivity (Wildman–Crippen MR) is 169 cm³/mol. The topological polar surface area (TPSA) is 125 Å². The average molecular weight is 639 g/mol. The van der Waals surface area contributed by atoms with Crippen LogP contribution in [0.15, 0.2) is 24.3 Å². The van der Waals surface area contributed by atoms with Crippen molar-refractivity contribution in [3.05, 3.63) is 29.8 Å². The molecule has 0 aromatic heterocycles. The van der Waals surface area contributed by atoms with Crippen molar-refractivity contribution in [2.45, 2.75) is 77.4 Å². The largest absolute Gasteiger partial charge is 0.381 e. The molecule has 4 atom stereocenters. The predicted octanol–water partition coefficient (Wildman–Crippen LogP) is 2.33. The van der Waals surface area contributed by atoms with Gasteiger partial charge in [-0.05, 0) is 68.4 Å². The van der Waals surface area contributed by atoms with Gasteiger partial charge >= 0.3 is 0 Å². The summed E-state index contributed by atoms with van der Waals surface area (Å²) in [4.78, 5) is 16.1. The normalized spacial score (nSPS) is 29.1. The molecule has 4 aliphatic rings. The SMILES string of the molecule is Cc1ccccc1N1CCN(S(=O)(=O)CC23CCC(CC2NC(=O)[C@H](CCS(C)(=O)=O)NC2CCOCC2)C3(C)C)CC1. The molecule has 1 amide bonds. The minimum Gasteiger partial charge on any atom is -0.381 e. The summed E-state index contributed by atoms with van der Waals surface area (Å²) in [7, 11) is -6.85. The Morgan fingerprint density at radius 2 is 1.72 bits per heavy atom. The van der Waals surface area contributed by atoms with Crippen molar-refractivity contribution in [2.75, 3.05) is 62.1 Å². The fourth-order valence-corrected chi connectivity index (χ4v) is 11.1. The van der Waals surface area contributed by atoms with Crippen LogP contribution < -0.4 is 15.5 Å². The molecule has 12 heteroatoms. The molecule has 1 aromatic rings. The average Bonchev–Trinajstić information content (AvgIpc) is 3.30. The highest BCUT2D eigenvalue weighted by molar-refractivity contribution is 7.90. The third-order valence-corrected chi connectivity index (χ3v) is 14.0. The number of fused-ring (bicyclic) bond motifs is 2. The molecule has 5 rings (SSSR count). The van der Waals surface area contributed by atoms with Crippen LogP contribution >= 0.6 is 0 Å². The van der Waals surface area contributed by atoms with Crippen LogP contribution in [0.2, 0.25) is 0 Å². The maximum absolute atomic E-state index is 14.1. The minimum atomic E-state index is -3.59. The van der Waals surface area contributed by atoms with E-state index in [0.29, 0.717) is 45.3 Å². The molecule has 1 aromatic carbocycles. The molecule has 2 aliphatic carbocycles. The molecular formula is C31H50N4O6S2. The van der Waals surface area contributed by atoms with Crippen molar-refractivity contribution >= 4 is 31.5 Å². The van der Waals surface area contributed by atoms with Crippen LogP contribution in [0, 0.1) is 23.7 Å². The molecule has 0 radical (unpaired) electrons. The second kappa shape index (κ2) is 12.6. The maximum Gasteiger partial charge on any atom is 0.237 e. The second-order valence-electron chi connectivity index (χ2n) is 13.9. The summed E-state index contributed by atoms with van der Waals surface area (Å²) in [6, 6.07) is 7.33. The number of piperazine rings is 1. The maximum atomic E-state index is 14.1. The number of ether oxygens (including phenoxy) is 1. The van der Waals surface area contributed by atoms with Gasteiger partial charge < -0.3 is 20.3 Å². The highest BCUT2D eigenvalue weighted by Gasteiger charge is 2.66. The van der Waals surface area contributed by atoms with Gasteiger partial charge in [-0.25, -0.2) is 16.8 Å². The van der Waals surface area contributed by atoms with E-state index in [2.05, 4.69) is 48.4 Å². The summed E-state index contributed by atoms with van der Waals surface area (Å²) in [5.74, 6) is 0.0184. The van der Waals surface area contributed by atoms with Crippen molar-refractivity contribution in [3.8, 4) is 0 Å². The summed E-state index contributed by atoms with van der Waals surface area (Å²) >= 11 is 0. The van der Waals surface area contributed by atoms with Gasteiger partial charge in [0.05, 0.1) is 17.5 Å². The third kappa shape index (κ3) is 6.93. The molecule has 43 heavy (non-hydrogen) atoms. The van der Waals surface area contributed by atoms with E-state index in [9.17, 15) is 21.6 Å². The minimum absolute atomic E-state index is 0.0141. The van der Waals surface area contributed by atoms with Crippen LogP contribution in [0.5, 0.6) is 0 Å². The number of nitrogens with zero attached hydrogens (tertiary/aromatic N) is 2. The van der Waals surface area contributed by atoms with E-state index in [1.807, 2.05) is 12.1 Å². The second-order valence-corrected chi connectivity index (χ2v) is 18.1. The van der Waals surface area contributed by atoms with Crippen LogP contribution in [0.25, 0.3) is 0 Å². The lowest BCUT2D eigenvalue weighted by Gasteiger charge is -2.45. The number of benzene rings is 1. The molecule has 2 bridgehead atoms. The van der Waals surface area contributed by atoms with E-state index in [4.69, 9.17) is 4.74 Å². The standard InChI is InChI=1S/C31H50N4O6S2/c1-23-7-5-6-8-27(23)34-14-16-35(17-15-34)43(39,40)22-31-13-9-24(30(31,2)3)21-28(31)33-29(36)26(12-20-42(4,37)38)32-25-10-18-41-19-11-25/h5-8,24-26,28,32H,9-22H2,1-4H3,(H,33,36)/t24?,26-,28?,31?/m0/s1. The highest BCUT2D eigenvalue weighted by Crippen LogP contribution is 2.66. The Morgan fingerprint density at radius 3 is 2.35 bits per heavy atom.